The van der Waals surface area contributed by atoms with E-state index in [0.717, 1.165) is 5.57 Å². The fraction of sp³-hybridized carbons (Fsp3) is 0.700. The standard InChI is InChI=1S/C10H16O4/c1-10(2)7-8(10)9(12)14-6-5-13-4-3-11/h7,11H,3-6H2,1-2H3. The second-order valence-corrected chi connectivity index (χ2v) is 3.75. The maximum Gasteiger partial charge on any atom is 0.334 e. The van der Waals surface area contributed by atoms with Crippen LogP contribution < -0.4 is 0 Å². The molecule has 0 aliphatic heterocycles. The maximum atomic E-state index is 11.3. The first-order valence-electron chi connectivity index (χ1n) is 4.67. The molecule has 1 aliphatic rings. The first-order chi connectivity index (χ1) is 6.58. The van der Waals surface area contributed by atoms with E-state index in [1.165, 1.54) is 0 Å². The van der Waals surface area contributed by atoms with Gasteiger partial charge in [0.2, 0.25) is 0 Å². The molecular formula is C10H16O4. The van der Waals surface area contributed by atoms with E-state index in [1.54, 1.807) is 0 Å². The Morgan fingerprint density at radius 2 is 2.07 bits per heavy atom. The highest BCUT2D eigenvalue weighted by Gasteiger charge is 2.39. The molecule has 0 atom stereocenters. The number of hydrogen-bond acceptors (Lipinski definition) is 4. The van der Waals surface area contributed by atoms with Gasteiger partial charge in [-0.25, -0.2) is 4.79 Å². The molecule has 80 valence electrons. The summed E-state index contributed by atoms with van der Waals surface area (Å²) in [4.78, 5) is 11.3. The van der Waals surface area contributed by atoms with Gasteiger partial charge in [0.05, 0.1) is 19.8 Å². The lowest BCUT2D eigenvalue weighted by Crippen LogP contribution is -2.13. The predicted octanol–water partition coefficient (Wildman–Crippen LogP) is 0.505. The summed E-state index contributed by atoms with van der Waals surface area (Å²) in [6.45, 7) is 4.78. The third-order valence-corrected chi connectivity index (χ3v) is 2.03. The molecule has 0 heterocycles. The van der Waals surface area contributed by atoms with E-state index in [2.05, 4.69) is 0 Å². The Morgan fingerprint density at radius 3 is 2.57 bits per heavy atom. The quantitative estimate of drug-likeness (QED) is 0.501. The molecule has 0 spiro atoms. The van der Waals surface area contributed by atoms with Gasteiger partial charge in [-0.2, -0.15) is 0 Å². The Balaban J connectivity index is 2.03. The van der Waals surface area contributed by atoms with Gasteiger partial charge in [0.1, 0.15) is 6.61 Å². The molecule has 0 aromatic rings. The zero-order valence-corrected chi connectivity index (χ0v) is 8.58. The number of allylic oxidation sites excluding steroid dienone is 1. The molecule has 0 unspecified atom stereocenters. The molecule has 0 amide bonds. The Morgan fingerprint density at radius 1 is 1.43 bits per heavy atom. The van der Waals surface area contributed by atoms with Crippen LogP contribution in [-0.4, -0.2) is 37.5 Å². The van der Waals surface area contributed by atoms with Crippen LogP contribution in [0, 0.1) is 5.41 Å². The molecular weight excluding hydrogens is 184 g/mol. The summed E-state index contributed by atoms with van der Waals surface area (Å²) in [5.41, 5.74) is 0.655. The number of carbonyl (C=O) groups is 1. The van der Waals surface area contributed by atoms with E-state index in [-0.39, 0.29) is 31.2 Å². The van der Waals surface area contributed by atoms with E-state index in [1.807, 2.05) is 19.9 Å². The van der Waals surface area contributed by atoms with Gasteiger partial charge in [0.25, 0.3) is 0 Å². The third kappa shape index (κ3) is 3.12. The van der Waals surface area contributed by atoms with Crippen LogP contribution in [0.5, 0.6) is 0 Å². The molecule has 1 rings (SSSR count). The molecule has 1 N–H and O–H groups in total. The number of aliphatic hydroxyl groups excluding tert-OH is 1. The fourth-order valence-corrected chi connectivity index (χ4v) is 1.08. The van der Waals surface area contributed by atoms with Crippen LogP contribution >= 0.6 is 0 Å². The Kier molecular flexibility index (Phi) is 3.66. The summed E-state index contributed by atoms with van der Waals surface area (Å²) in [5, 5.41) is 8.40. The number of ether oxygens (including phenoxy) is 2. The third-order valence-electron chi connectivity index (χ3n) is 2.03. The SMILES string of the molecule is CC1(C)C=C1C(=O)OCCOCCO. The first-order valence-corrected chi connectivity index (χ1v) is 4.67. The zero-order valence-electron chi connectivity index (χ0n) is 8.58. The highest BCUT2D eigenvalue weighted by atomic mass is 16.6. The number of carbonyl (C=O) groups excluding carboxylic acids is 1. The monoisotopic (exact) mass is 200 g/mol. The predicted molar refractivity (Wildman–Crippen MR) is 50.7 cm³/mol. The second-order valence-electron chi connectivity index (χ2n) is 3.75. The summed E-state index contributed by atoms with van der Waals surface area (Å²) in [6.07, 6.45) is 1.88. The van der Waals surface area contributed by atoms with Gasteiger partial charge >= 0.3 is 5.97 Å². The highest BCUT2D eigenvalue weighted by molar-refractivity contribution is 5.95. The van der Waals surface area contributed by atoms with E-state index in [4.69, 9.17) is 14.6 Å². The van der Waals surface area contributed by atoms with Crippen molar-refractivity contribution in [2.24, 2.45) is 5.41 Å². The van der Waals surface area contributed by atoms with Gasteiger partial charge in [-0.1, -0.05) is 19.9 Å². The smallest absolute Gasteiger partial charge is 0.334 e. The van der Waals surface area contributed by atoms with Crippen molar-refractivity contribution >= 4 is 5.97 Å². The molecule has 0 saturated carbocycles. The average molecular weight is 200 g/mol. The lowest BCUT2D eigenvalue weighted by atomic mass is 10.1. The first kappa shape index (κ1) is 11.2. The van der Waals surface area contributed by atoms with Crippen LogP contribution in [0.4, 0.5) is 0 Å². The van der Waals surface area contributed by atoms with Crippen molar-refractivity contribution in [1.82, 2.24) is 0 Å². The molecule has 4 heteroatoms. The molecule has 1 aliphatic carbocycles. The number of hydrogen-bond donors (Lipinski definition) is 1. The van der Waals surface area contributed by atoms with Crippen molar-refractivity contribution in [3.8, 4) is 0 Å². The minimum Gasteiger partial charge on any atom is -0.460 e. The van der Waals surface area contributed by atoms with Crippen LogP contribution in [0.3, 0.4) is 0 Å². The lowest BCUT2D eigenvalue weighted by molar-refractivity contribution is -0.140. The van der Waals surface area contributed by atoms with Gasteiger partial charge in [-0.15, -0.1) is 0 Å². The summed E-state index contributed by atoms with van der Waals surface area (Å²) >= 11 is 0. The van der Waals surface area contributed by atoms with Crippen molar-refractivity contribution in [2.45, 2.75) is 13.8 Å². The molecule has 0 aromatic carbocycles. The minimum absolute atomic E-state index is 0.00781. The molecule has 0 radical (unpaired) electrons. The van der Waals surface area contributed by atoms with Gasteiger partial charge in [0, 0.05) is 11.0 Å². The maximum absolute atomic E-state index is 11.3. The largest absolute Gasteiger partial charge is 0.460 e. The van der Waals surface area contributed by atoms with Crippen molar-refractivity contribution in [2.75, 3.05) is 26.4 Å². The van der Waals surface area contributed by atoms with Crippen molar-refractivity contribution < 1.29 is 19.4 Å². The summed E-state index contributed by atoms with van der Waals surface area (Å²) in [6, 6.07) is 0. The zero-order chi connectivity index (χ0) is 10.6. The van der Waals surface area contributed by atoms with Crippen LogP contribution in [0.25, 0.3) is 0 Å². The molecule has 0 saturated heterocycles. The Hall–Kier alpha value is -0.870. The van der Waals surface area contributed by atoms with Gasteiger partial charge < -0.3 is 14.6 Å². The van der Waals surface area contributed by atoms with Crippen molar-refractivity contribution in [1.29, 1.82) is 0 Å². The normalized spacial score (nSPS) is 17.5. The number of rotatable bonds is 6. The second kappa shape index (κ2) is 4.57. The molecule has 4 nitrogen and oxygen atoms in total. The molecule has 0 fully saturated rings. The number of esters is 1. The Labute approximate surface area is 83.5 Å². The summed E-state index contributed by atoms with van der Waals surface area (Å²) in [5.74, 6) is -0.261. The van der Waals surface area contributed by atoms with E-state index in [9.17, 15) is 4.79 Å². The average Bonchev–Trinajstić information content (AvgIpc) is 2.75. The van der Waals surface area contributed by atoms with Crippen LogP contribution in [-0.2, 0) is 14.3 Å². The van der Waals surface area contributed by atoms with Crippen LogP contribution in [0.1, 0.15) is 13.8 Å². The van der Waals surface area contributed by atoms with E-state index < -0.39 is 0 Å². The number of aliphatic hydroxyl groups is 1. The summed E-state index contributed by atoms with van der Waals surface area (Å²) in [7, 11) is 0. The van der Waals surface area contributed by atoms with Gasteiger partial charge in [0.15, 0.2) is 0 Å². The minimum atomic E-state index is -0.261. The highest BCUT2D eigenvalue weighted by Crippen LogP contribution is 2.43. The van der Waals surface area contributed by atoms with Crippen LogP contribution in [0.2, 0.25) is 0 Å². The van der Waals surface area contributed by atoms with Crippen molar-refractivity contribution in [3.63, 3.8) is 0 Å². The van der Waals surface area contributed by atoms with Gasteiger partial charge in [-0.05, 0) is 0 Å². The molecule has 14 heavy (non-hydrogen) atoms. The lowest BCUT2D eigenvalue weighted by Gasteiger charge is -2.05. The molecule has 0 aromatic heterocycles. The van der Waals surface area contributed by atoms with Gasteiger partial charge in [-0.3, -0.25) is 0 Å². The van der Waals surface area contributed by atoms with Crippen molar-refractivity contribution in [3.05, 3.63) is 11.6 Å². The molecule has 0 bridgehead atoms. The Bertz CT molecular complexity index is 243. The summed E-state index contributed by atoms with van der Waals surface area (Å²) < 4.78 is 9.87. The fourth-order valence-electron chi connectivity index (χ4n) is 1.08. The topological polar surface area (TPSA) is 55.8 Å². The van der Waals surface area contributed by atoms with E-state index >= 15 is 0 Å². The van der Waals surface area contributed by atoms with E-state index in [0.29, 0.717) is 6.61 Å². The van der Waals surface area contributed by atoms with Crippen LogP contribution in [0.15, 0.2) is 11.6 Å².